The molecule has 1 saturated heterocycles. The summed E-state index contributed by atoms with van der Waals surface area (Å²) in [5.74, 6) is -0.183. The van der Waals surface area contributed by atoms with Crippen molar-refractivity contribution in [3.63, 3.8) is 0 Å². The summed E-state index contributed by atoms with van der Waals surface area (Å²) in [5.41, 5.74) is 1.87. The highest BCUT2D eigenvalue weighted by atomic mass is 32.1. The molecule has 0 spiro atoms. The Morgan fingerprint density at radius 2 is 1.86 bits per heavy atom. The van der Waals surface area contributed by atoms with Gasteiger partial charge >= 0.3 is 0 Å². The van der Waals surface area contributed by atoms with E-state index in [2.05, 4.69) is 25.7 Å². The molecule has 2 heterocycles. The van der Waals surface area contributed by atoms with Crippen LogP contribution in [-0.2, 0) is 11.2 Å². The van der Waals surface area contributed by atoms with Crippen molar-refractivity contribution in [1.29, 1.82) is 0 Å². The van der Waals surface area contributed by atoms with Crippen LogP contribution in [-0.4, -0.2) is 53.1 Å². The number of benzene rings is 1. The van der Waals surface area contributed by atoms with E-state index in [0.717, 1.165) is 35.9 Å². The van der Waals surface area contributed by atoms with Gasteiger partial charge in [-0.05, 0) is 51.4 Å². The fourth-order valence-electron chi connectivity index (χ4n) is 3.29. The first kappa shape index (κ1) is 21.4. The molecule has 1 fully saturated rings. The van der Waals surface area contributed by atoms with Crippen molar-refractivity contribution >= 4 is 28.8 Å². The molecule has 1 aromatic carbocycles. The molecule has 0 radical (unpaired) electrons. The van der Waals surface area contributed by atoms with Crippen LogP contribution in [0.15, 0.2) is 24.3 Å². The number of aryl methyl sites for hydroxylation is 2. The third kappa shape index (κ3) is 7.21. The molecule has 2 aromatic rings. The van der Waals surface area contributed by atoms with Crippen molar-refractivity contribution in [2.24, 2.45) is 0 Å². The smallest absolute Gasteiger partial charge is 0.286 e. The number of carbonyl (C=O) groups is 2. The van der Waals surface area contributed by atoms with Gasteiger partial charge in [-0.2, -0.15) is 0 Å². The lowest BCUT2D eigenvalue weighted by Crippen LogP contribution is -2.37. The fourth-order valence-corrected chi connectivity index (χ4v) is 4.07. The maximum Gasteiger partial charge on any atom is 0.286 e. The van der Waals surface area contributed by atoms with Crippen LogP contribution in [0.3, 0.4) is 0 Å². The van der Waals surface area contributed by atoms with Gasteiger partial charge in [0.2, 0.25) is 10.9 Å². The molecule has 0 unspecified atom stereocenters. The molecule has 29 heavy (non-hydrogen) atoms. The molecule has 3 rings (SSSR count). The van der Waals surface area contributed by atoms with Crippen molar-refractivity contribution in [2.75, 3.05) is 31.5 Å². The first-order valence-corrected chi connectivity index (χ1v) is 11.1. The standard InChI is InChI=1S/C21H29N5O2S/c1-16-8-10-17(11-9-16)23-20(28)21-25-24-19(29-21)7-5-6-18(27)22-12-15-26-13-3-2-4-14-26/h8-11H,2-7,12-15H2,1H3,(H,22,27)(H,23,28). The second kappa shape index (κ2) is 11.0. The van der Waals surface area contributed by atoms with E-state index in [-0.39, 0.29) is 11.8 Å². The zero-order chi connectivity index (χ0) is 20.5. The molecular formula is C21H29N5O2S. The highest BCUT2D eigenvalue weighted by Crippen LogP contribution is 2.15. The van der Waals surface area contributed by atoms with E-state index in [1.54, 1.807) is 0 Å². The van der Waals surface area contributed by atoms with Crippen LogP contribution in [0.2, 0.25) is 0 Å². The Bertz CT molecular complexity index is 800. The second-order valence-electron chi connectivity index (χ2n) is 7.43. The van der Waals surface area contributed by atoms with Gasteiger partial charge in [-0.25, -0.2) is 0 Å². The SMILES string of the molecule is Cc1ccc(NC(=O)c2nnc(CCCC(=O)NCCN3CCCCC3)s2)cc1. The van der Waals surface area contributed by atoms with Gasteiger partial charge in [0.1, 0.15) is 5.01 Å². The molecule has 0 aliphatic carbocycles. The zero-order valence-electron chi connectivity index (χ0n) is 16.9. The normalized spacial score (nSPS) is 14.5. The van der Waals surface area contributed by atoms with Crippen molar-refractivity contribution in [1.82, 2.24) is 20.4 Å². The average molecular weight is 416 g/mol. The maximum absolute atomic E-state index is 12.3. The van der Waals surface area contributed by atoms with E-state index in [1.165, 1.54) is 30.6 Å². The molecule has 8 heteroatoms. The van der Waals surface area contributed by atoms with E-state index in [0.29, 0.717) is 30.8 Å². The zero-order valence-corrected chi connectivity index (χ0v) is 17.8. The van der Waals surface area contributed by atoms with Crippen LogP contribution in [0, 0.1) is 6.92 Å². The predicted octanol–water partition coefficient (Wildman–Crippen LogP) is 3.02. The predicted molar refractivity (Wildman–Crippen MR) is 115 cm³/mol. The van der Waals surface area contributed by atoms with Crippen molar-refractivity contribution in [2.45, 2.75) is 45.4 Å². The van der Waals surface area contributed by atoms with E-state index in [1.807, 2.05) is 31.2 Å². The monoisotopic (exact) mass is 415 g/mol. The van der Waals surface area contributed by atoms with Crippen LogP contribution in [0.5, 0.6) is 0 Å². The van der Waals surface area contributed by atoms with Gasteiger partial charge in [0.25, 0.3) is 5.91 Å². The minimum atomic E-state index is -0.256. The van der Waals surface area contributed by atoms with E-state index in [4.69, 9.17) is 0 Å². The Hall–Kier alpha value is -2.32. The van der Waals surface area contributed by atoms with Gasteiger partial charge in [-0.1, -0.05) is 35.5 Å². The Morgan fingerprint density at radius 3 is 2.62 bits per heavy atom. The van der Waals surface area contributed by atoms with Gasteiger partial charge in [0, 0.05) is 31.6 Å². The first-order valence-electron chi connectivity index (χ1n) is 10.3. The summed E-state index contributed by atoms with van der Waals surface area (Å²) in [6.07, 6.45) is 5.66. The summed E-state index contributed by atoms with van der Waals surface area (Å²) >= 11 is 1.28. The Kier molecular flexibility index (Phi) is 8.13. The number of amides is 2. The molecule has 2 amide bonds. The minimum Gasteiger partial charge on any atom is -0.355 e. The Morgan fingerprint density at radius 1 is 1.10 bits per heavy atom. The van der Waals surface area contributed by atoms with E-state index >= 15 is 0 Å². The fraction of sp³-hybridized carbons (Fsp3) is 0.524. The molecule has 1 aromatic heterocycles. The van der Waals surface area contributed by atoms with Gasteiger partial charge < -0.3 is 15.5 Å². The largest absolute Gasteiger partial charge is 0.355 e. The lowest BCUT2D eigenvalue weighted by atomic mass is 10.1. The third-order valence-electron chi connectivity index (χ3n) is 4.96. The molecule has 0 atom stereocenters. The van der Waals surface area contributed by atoms with Crippen molar-refractivity contribution in [3.8, 4) is 0 Å². The Balaban J connectivity index is 1.33. The molecule has 0 saturated carbocycles. The average Bonchev–Trinajstić information content (AvgIpc) is 3.20. The number of piperidine rings is 1. The number of aromatic nitrogens is 2. The number of rotatable bonds is 9. The number of hydrogen-bond acceptors (Lipinski definition) is 6. The summed E-state index contributed by atoms with van der Waals surface area (Å²) in [7, 11) is 0. The molecular weight excluding hydrogens is 386 g/mol. The number of anilines is 1. The lowest BCUT2D eigenvalue weighted by molar-refractivity contribution is -0.121. The molecule has 0 bridgehead atoms. The summed E-state index contributed by atoms with van der Waals surface area (Å²) in [6, 6.07) is 7.61. The summed E-state index contributed by atoms with van der Waals surface area (Å²) in [4.78, 5) is 26.7. The number of hydrogen-bond donors (Lipinski definition) is 2. The molecule has 1 aliphatic heterocycles. The molecule has 156 valence electrons. The van der Waals surface area contributed by atoms with Crippen LogP contribution in [0.4, 0.5) is 5.69 Å². The summed E-state index contributed by atoms with van der Waals surface area (Å²) < 4.78 is 0. The van der Waals surface area contributed by atoms with Gasteiger partial charge in [-0.3, -0.25) is 9.59 Å². The van der Waals surface area contributed by atoms with Crippen LogP contribution < -0.4 is 10.6 Å². The summed E-state index contributed by atoms with van der Waals surface area (Å²) in [6.45, 7) is 5.93. The molecule has 2 N–H and O–H groups in total. The maximum atomic E-state index is 12.3. The second-order valence-corrected chi connectivity index (χ2v) is 8.49. The van der Waals surface area contributed by atoms with Gasteiger partial charge in [-0.15, -0.1) is 10.2 Å². The quantitative estimate of drug-likeness (QED) is 0.657. The highest BCUT2D eigenvalue weighted by molar-refractivity contribution is 7.13. The van der Waals surface area contributed by atoms with E-state index < -0.39 is 0 Å². The van der Waals surface area contributed by atoms with Crippen LogP contribution in [0.1, 0.15) is 52.5 Å². The number of nitrogens with zero attached hydrogens (tertiary/aromatic N) is 3. The molecule has 1 aliphatic rings. The number of nitrogens with one attached hydrogen (secondary N) is 2. The van der Waals surface area contributed by atoms with Crippen LogP contribution >= 0.6 is 11.3 Å². The minimum absolute atomic E-state index is 0.0730. The Labute approximate surface area is 175 Å². The lowest BCUT2D eigenvalue weighted by Gasteiger charge is -2.26. The molecule has 7 nitrogen and oxygen atoms in total. The third-order valence-corrected chi connectivity index (χ3v) is 5.95. The van der Waals surface area contributed by atoms with E-state index in [9.17, 15) is 9.59 Å². The number of carbonyl (C=O) groups excluding carboxylic acids is 2. The van der Waals surface area contributed by atoms with Crippen molar-refractivity contribution in [3.05, 3.63) is 39.8 Å². The number of likely N-dealkylation sites (tertiary alicyclic amines) is 1. The van der Waals surface area contributed by atoms with Crippen molar-refractivity contribution < 1.29 is 9.59 Å². The topological polar surface area (TPSA) is 87.2 Å². The highest BCUT2D eigenvalue weighted by Gasteiger charge is 2.14. The summed E-state index contributed by atoms with van der Waals surface area (Å²) in [5, 5.41) is 15.0. The van der Waals surface area contributed by atoms with Gasteiger partial charge in [0.15, 0.2) is 0 Å². The first-order chi connectivity index (χ1) is 14.1. The van der Waals surface area contributed by atoms with Crippen LogP contribution in [0.25, 0.3) is 0 Å². The van der Waals surface area contributed by atoms with Gasteiger partial charge in [0.05, 0.1) is 0 Å².